The molecule has 0 radical (unpaired) electrons. The average Bonchev–Trinajstić information content (AvgIpc) is 2.88. The molecular formula is C19H23N3O3. The molecule has 2 aromatic rings. The first-order valence-corrected chi connectivity index (χ1v) is 8.46. The number of ether oxygens (including phenoxy) is 1. The summed E-state index contributed by atoms with van der Waals surface area (Å²) in [6.45, 7) is 4.56. The van der Waals surface area contributed by atoms with Crippen molar-refractivity contribution >= 4 is 11.8 Å². The molecule has 0 aliphatic carbocycles. The van der Waals surface area contributed by atoms with Gasteiger partial charge in [0.15, 0.2) is 5.69 Å². The first-order chi connectivity index (χ1) is 12.2. The summed E-state index contributed by atoms with van der Waals surface area (Å²) >= 11 is 0. The van der Waals surface area contributed by atoms with Crippen LogP contribution in [0.15, 0.2) is 42.5 Å². The lowest BCUT2D eigenvalue weighted by molar-refractivity contribution is 0.0690. The van der Waals surface area contributed by atoms with E-state index in [-0.39, 0.29) is 5.69 Å². The molecule has 1 aliphatic heterocycles. The van der Waals surface area contributed by atoms with Gasteiger partial charge in [-0.05, 0) is 36.2 Å². The number of pyridine rings is 1. The fourth-order valence-corrected chi connectivity index (χ4v) is 3.07. The van der Waals surface area contributed by atoms with Crippen molar-refractivity contribution < 1.29 is 14.6 Å². The third kappa shape index (κ3) is 4.48. The summed E-state index contributed by atoms with van der Waals surface area (Å²) in [5.41, 5.74) is 1.36. The Hall–Kier alpha value is -2.60. The number of carboxylic acid groups (broad SMARTS) is 1. The Balaban J connectivity index is 1.61. The van der Waals surface area contributed by atoms with Gasteiger partial charge in [-0.15, -0.1) is 0 Å². The van der Waals surface area contributed by atoms with Gasteiger partial charge in [-0.25, -0.2) is 9.78 Å². The molecule has 1 fully saturated rings. The first-order valence-electron chi connectivity index (χ1n) is 8.46. The molecule has 0 saturated carbocycles. The Bertz CT molecular complexity index is 718. The van der Waals surface area contributed by atoms with Gasteiger partial charge >= 0.3 is 5.97 Å². The minimum Gasteiger partial charge on any atom is -0.497 e. The normalized spacial score (nSPS) is 15.6. The standard InChI is InChI=1S/C19H23N3O3/c1-25-16-8-6-15(7-9-16)14-21-10-3-11-22(13-12-21)18-5-2-4-17(20-18)19(23)24/h2,4-9H,3,10-14H2,1H3,(H,23,24). The van der Waals surface area contributed by atoms with Crippen LogP contribution in [0.1, 0.15) is 22.5 Å². The number of carboxylic acids is 1. The van der Waals surface area contributed by atoms with Crippen LogP contribution in [-0.4, -0.2) is 54.2 Å². The molecule has 6 heteroatoms. The van der Waals surface area contributed by atoms with Crippen LogP contribution in [0.25, 0.3) is 0 Å². The molecule has 1 aromatic carbocycles. The summed E-state index contributed by atoms with van der Waals surface area (Å²) < 4.78 is 5.20. The molecule has 1 aliphatic rings. The molecule has 3 rings (SSSR count). The second-order valence-electron chi connectivity index (χ2n) is 6.15. The number of carbonyl (C=O) groups is 1. The Morgan fingerprint density at radius 3 is 2.64 bits per heavy atom. The molecular weight excluding hydrogens is 318 g/mol. The van der Waals surface area contributed by atoms with Crippen molar-refractivity contribution in [1.29, 1.82) is 0 Å². The van der Waals surface area contributed by atoms with E-state index in [1.165, 1.54) is 11.6 Å². The Kier molecular flexibility index (Phi) is 5.50. The highest BCUT2D eigenvalue weighted by Gasteiger charge is 2.17. The maximum atomic E-state index is 11.1. The lowest BCUT2D eigenvalue weighted by Gasteiger charge is -2.23. The van der Waals surface area contributed by atoms with Crippen molar-refractivity contribution in [2.45, 2.75) is 13.0 Å². The predicted molar refractivity (Wildman–Crippen MR) is 96.3 cm³/mol. The van der Waals surface area contributed by atoms with E-state index in [9.17, 15) is 4.79 Å². The van der Waals surface area contributed by atoms with E-state index in [2.05, 4.69) is 26.9 Å². The number of nitrogens with zero attached hydrogens (tertiary/aromatic N) is 3. The Morgan fingerprint density at radius 1 is 1.12 bits per heavy atom. The van der Waals surface area contributed by atoms with Gasteiger partial charge in [0.05, 0.1) is 7.11 Å². The third-order valence-electron chi connectivity index (χ3n) is 4.43. The van der Waals surface area contributed by atoms with Crippen molar-refractivity contribution in [3.05, 3.63) is 53.7 Å². The highest BCUT2D eigenvalue weighted by Crippen LogP contribution is 2.17. The molecule has 25 heavy (non-hydrogen) atoms. The third-order valence-corrected chi connectivity index (χ3v) is 4.43. The summed E-state index contributed by atoms with van der Waals surface area (Å²) in [4.78, 5) is 20.0. The van der Waals surface area contributed by atoms with Crippen molar-refractivity contribution in [1.82, 2.24) is 9.88 Å². The summed E-state index contributed by atoms with van der Waals surface area (Å²) in [5, 5.41) is 9.11. The number of hydrogen-bond donors (Lipinski definition) is 1. The number of aromatic nitrogens is 1. The zero-order valence-corrected chi connectivity index (χ0v) is 14.4. The van der Waals surface area contributed by atoms with E-state index >= 15 is 0 Å². The van der Waals surface area contributed by atoms with E-state index < -0.39 is 5.97 Å². The summed E-state index contributed by atoms with van der Waals surface area (Å²) in [6, 6.07) is 13.3. The highest BCUT2D eigenvalue weighted by molar-refractivity contribution is 5.85. The molecule has 0 amide bonds. The van der Waals surface area contributed by atoms with Gasteiger partial charge in [0, 0.05) is 32.7 Å². The fourth-order valence-electron chi connectivity index (χ4n) is 3.07. The maximum absolute atomic E-state index is 11.1. The minimum absolute atomic E-state index is 0.0943. The lowest BCUT2D eigenvalue weighted by atomic mass is 10.2. The molecule has 0 atom stereocenters. The monoisotopic (exact) mass is 341 g/mol. The van der Waals surface area contributed by atoms with E-state index in [1.807, 2.05) is 18.2 Å². The Labute approximate surface area is 147 Å². The predicted octanol–water partition coefficient (Wildman–Crippen LogP) is 2.50. The molecule has 0 spiro atoms. The van der Waals surface area contributed by atoms with Crippen molar-refractivity contribution in [2.75, 3.05) is 38.2 Å². The maximum Gasteiger partial charge on any atom is 0.354 e. The molecule has 0 unspecified atom stereocenters. The van der Waals surface area contributed by atoms with Gasteiger partial charge < -0.3 is 14.7 Å². The van der Waals surface area contributed by atoms with Gasteiger partial charge in [0.2, 0.25) is 0 Å². The van der Waals surface area contributed by atoms with Gasteiger partial charge in [0.25, 0.3) is 0 Å². The Morgan fingerprint density at radius 2 is 1.92 bits per heavy atom. The largest absolute Gasteiger partial charge is 0.497 e. The smallest absolute Gasteiger partial charge is 0.354 e. The molecule has 2 heterocycles. The number of aromatic carboxylic acids is 1. The molecule has 1 N–H and O–H groups in total. The van der Waals surface area contributed by atoms with Gasteiger partial charge in [0.1, 0.15) is 11.6 Å². The quantitative estimate of drug-likeness (QED) is 0.901. The minimum atomic E-state index is -0.988. The van der Waals surface area contributed by atoms with Crippen LogP contribution in [0.2, 0.25) is 0 Å². The SMILES string of the molecule is COc1ccc(CN2CCCN(c3cccc(C(=O)O)n3)CC2)cc1. The molecule has 6 nitrogen and oxygen atoms in total. The zero-order valence-electron chi connectivity index (χ0n) is 14.4. The summed E-state index contributed by atoms with van der Waals surface area (Å²) in [5.74, 6) is 0.624. The number of hydrogen-bond acceptors (Lipinski definition) is 5. The van der Waals surface area contributed by atoms with E-state index in [0.717, 1.165) is 50.7 Å². The van der Waals surface area contributed by atoms with Crippen LogP contribution in [0.4, 0.5) is 5.82 Å². The average molecular weight is 341 g/mol. The number of rotatable bonds is 5. The van der Waals surface area contributed by atoms with Crippen LogP contribution >= 0.6 is 0 Å². The van der Waals surface area contributed by atoms with Gasteiger partial charge in [-0.3, -0.25) is 4.90 Å². The van der Waals surface area contributed by atoms with E-state index in [0.29, 0.717) is 0 Å². The second-order valence-corrected chi connectivity index (χ2v) is 6.15. The van der Waals surface area contributed by atoms with Crippen molar-refractivity contribution in [3.63, 3.8) is 0 Å². The van der Waals surface area contributed by atoms with Crippen LogP contribution in [0.5, 0.6) is 5.75 Å². The molecule has 0 bridgehead atoms. The number of benzene rings is 1. The first kappa shape index (κ1) is 17.2. The van der Waals surface area contributed by atoms with Crippen LogP contribution in [0.3, 0.4) is 0 Å². The van der Waals surface area contributed by atoms with Gasteiger partial charge in [-0.2, -0.15) is 0 Å². The topological polar surface area (TPSA) is 65.9 Å². The van der Waals surface area contributed by atoms with E-state index in [1.54, 1.807) is 13.2 Å². The highest BCUT2D eigenvalue weighted by atomic mass is 16.5. The fraction of sp³-hybridized carbons (Fsp3) is 0.368. The van der Waals surface area contributed by atoms with Crippen molar-refractivity contribution in [3.8, 4) is 5.75 Å². The summed E-state index contributed by atoms with van der Waals surface area (Å²) in [6.07, 6.45) is 1.02. The van der Waals surface area contributed by atoms with Gasteiger partial charge in [-0.1, -0.05) is 18.2 Å². The number of anilines is 1. The van der Waals surface area contributed by atoms with Crippen LogP contribution < -0.4 is 9.64 Å². The zero-order chi connectivity index (χ0) is 17.6. The lowest BCUT2D eigenvalue weighted by Crippen LogP contribution is -2.31. The van der Waals surface area contributed by atoms with Crippen molar-refractivity contribution in [2.24, 2.45) is 0 Å². The molecule has 1 aromatic heterocycles. The second kappa shape index (κ2) is 7.98. The summed E-state index contributed by atoms with van der Waals surface area (Å²) in [7, 11) is 1.67. The van der Waals surface area contributed by atoms with E-state index in [4.69, 9.17) is 9.84 Å². The molecule has 132 valence electrons. The van der Waals surface area contributed by atoms with Crippen LogP contribution in [0, 0.1) is 0 Å². The number of methoxy groups -OCH3 is 1. The molecule has 1 saturated heterocycles. The van der Waals surface area contributed by atoms with Crippen LogP contribution in [-0.2, 0) is 6.54 Å².